The van der Waals surface area contributed by atoms with Crippen LogP contribution in [-0.2, 0) is 4.79 Å². The highest BCUT2D eigenvalue weighted by atomic mass is 16.3. The van der Waals surface area contributed by atoms with Gasteiger partial charge in [0, 0.05) is 34.5 Å². The molecule has 0 fully saturated rings. The van der Waals surface area contributed by atoms with Crippen molar-refractivity contribution in [3.05, 3.63) is 124 Å². The van der Waals surface area contributed by atoms with E-state index >= 15 is 0 Å². The first-order chi connectivity index (χ1) is 17.6. The average molecular weight is 495 g/mol. The van der Waals surface area contributed by atoms with Crippen LogP contribution in [0.3, 0.4) is 0 Å². The molecule has 6 nitrogen and oxygen atoms in total. The number of aryl methyl sites for hydroxylation is 1. The topological polar surface area (TPSA) is 79.6 Å². The van der Waals surface area contributed by atoms with Crippen molar-refractivity contribution in [1.82, 2.24) is 5.32 Å². The number of carbonyl (C=O) groups excluding carboxylic acids is 2. The molecule has 0 saturated heterocycles. The molecule has 0 bridgehead atoms. The SMILES string of the molecule is Cc1ccc(N(C(=O)c2ccccc2)C(C(=O)NC(C)(C)C)c2cc(=O)cc(-c3ccccc3)o2)cc1. The molecule has 6 heteroatoms. The van der Waals surface area contributed by atoms with Gasteiger partial charge in [0.1, 0.15) is 11.5 Å². The molecule has 1 aromatic heterocycles. The van der Waals surface area contributed by atoms with Crippen molar-refractivity contribution in [2.75, 3.05) is 4.90 Å². The van der Waals surface area contributed by atoms with Crippen LogP contribution < -0.4 is 15.6 Å². The molecule has 0 spiro atoms. The van der Waals surface area contributed by atoms with Gasteiger partial charge in [0.15, 0.2) is 11.5 Å². The number of hydrogen-bond acceptors (Lipinski definition) is 4. The number of rotatable bonds is 6. The Hall–Kier alpha value is -4.45. The third kappa shape index (κ3) is 6.22. The summed E-state index contributed by atoms with van der Waals surface area (Å²) in [6.45, 7) is 7.51. The Balaban J connectivity index is 1.94. The van der Waals surface area contributed by atoms with Crippen LogP contribution in [0.5, 0.6) is 0 Å². The fraction of sp³-hybridized carbons (Fsp3) is 0.194. The van der Waals surface area contributed by atoms with E-state index in [0.29, 0.717) is 22.6 Å². The van der Waals surface area contributed by atoms with E-state index in [2.05, 4.69) is 5.32 Å². The zero-order valence-electron chi connectivity index (χ0n) is 21.4. The van der Waals surface area contributed by atoms with Crippen LogP contribution in [0.25, 0.3) is 11.3 Å². The van der Waals surface area contributed by atoms with Crippen LogP contribution in [0.1, 0.15) is 48.5 Å². The third-order valence-corrected chi connectivity index (χ3v) is 5.67. The maximum atomic E-state index is 14.0. The second-order valence-corrected chi connectivity index (χ2v) is 9.94. The molecule has 37 heavy (non-hydrogen) atoms. The van der Waals surface area contributed by atoms with Crippen LogP contribution in [0.4, 0.5) is 5.69 Å². The lowest BCUT2D eigenvalue weighted by Crippen LogP contribution is -2.49. The summed E-state index contributed by atoms with van der Waals surface area (Å²) in [7, 11) is 0. The van der Waals surface area contributed by atoms with Crippen molar-refractivity contribution in [2.45, 2.75) is 39.3 Å². The smallest absolute Gasteiger partial charge is 0.259 e. The van der Waals surface area contributed by atoms with Gasteiger partial charge in [0.05, 0.1) is 0 Å². The van der Waals surface area contributed by atoms with E-state index in [1.54, 1.807) is 36.4 Å². The molecule has 1 N–H and O–H groups in total. The molecule has 1 atom stereocenters. The zero-order valence-corrected chi connectivity index (χ0v) is 21.4. The summed E-state index contributed by atoms with van der Waals surface area (Å²) < 4.78 is 6.20. The lowest BCUT2D eigenvalue weighted by atomic mass is 10.0. The predicted octanol–water partition coefficient (Wildman–Crippen LogP) is 5.92. The number of amides is 2. The molecule has 4 rings (SSSR count). The maximum absolute atomic E-state index is 14.0. The average Bonchev–Trinajstić information content (AvgIpc) is 2.87. The van der Waals surface area contributed by atoms with Gasteiger partial charge in [-0.3, -0.25) is 19.3 Å². The fourth-order valence-electron chi connectivity index (χ4n) is 4.00. The van der Waals surface area contributed by atoms with Crippen molar-refractivity contribution in [3.8, 4) is 11.3 Å². The molecule has 2 amide bonds. The molecule has 1 heterocycles. The lowest BCUT2D eigenvalue weighted by molar-refractivity contribution is -0.124. The van der Waals surface area contributed by atoms with E-state index in [1.165, 1.54) is 17.0 Å². The first-order valence-electron chi connectivity index (χ1n) is 12.1. The Labute approximate surface area is 216 Å². The first kappa shape index (κ1) is 25.6. The summed E-state index contributed by atoms with van der Waals surface area (Å²) in [5.41, 5.74) is 1.67. The Kier molecular flexibility index (Phi) is 7.39. The molecule has 0 aliphatic rings. The van der Waals surface area contributed by atoms with Crippen LogP contribution >= 0.6 is 0 Å². The minimum atomic E-state index is -1.24. The molecular weight excluding hydrogens is 464 g/mol. The minimum absolute atomic E-state index is 0.0676. The van der Waals surface area contributed by atoms with Gasteiger partial charge in [0.2, 0.25) is 0 Å². The molecular formula is C31H30N2O4. The van der Waals surface area contributed by atoms with Gasteiger partial charge < -0.3 is 9.73 Å². The number of anilines is 1. The van der Waals surface area contributed by atoms with Crippen molar-refractivity contribution in [1.29, 1.82) is 0 Å². The highest BCUT2D eigenvalue weighted by molar-refractivity contribution is 6.10. The lowest BCUT2D eigenvalue weighted by Gasteiger charge is -2.33. The molecule has 3 aromatic carbocycles. The van der Waals surface area contributed by atoms with Crippen molar-refractivity contribution < 1.29 is 14.0 Å². The number of carbonyl (C=O) groups is 2. The second-order valence-electron chi connectivity index (χ2n) is 9.94. The van der Waals surface area contributed by atoms with Crippen LogP contribution in [-0.4, -0.2) is 17.4 Å². The van der Waals surface area contributed by atoms with Crippen LogP contribution in [0.15, 0.2) is 106 Å². The molecule has 0 aliphatic heterocycles. The van der Waals surface area contributed by atoms with Crippen molar-refractivity contribution in [2.24, 2.45) is 0 Å². The third-order valence-electron chi connectivity index (χ3n) is 5.67. The first-order valence-corrected chi connectivity index (χ1v) is 12.1. The highest BCUT2D eigenvalue weighted by Gasteiger charge is 2.37. The molecule has 4 aromatic rings. The van der Waals surface area contributed by atoms with E-state index in [0.717, 1.165) is 5.56 Å². The van der Waals surface area contributed by atoms with Gasteiger partial charge in [-0.05, 0) is 52.0 Å². The quantitative estimate of drug-likeness (QED) is 0.361. The molecule has 0 aliphatic carbocycles. The van der Waals surface area contributed by atoms with Gasteiger partial charge >= 0.3 is 0 Å². The Morgan fingerprint density at radius 2 is 1.43 bits per heavy atom. The Bertz CT molecular complexity index is 1440. The van der Waals surface area contributed by atoms with E-state index < -0.39 is 23.4 Å². The second kappa shape index (κ2) is 10.7. The molecule has 188 valence electrons. The van der Waals surface area contributed by atoms with Gasteiger partial charge in [-0.15, -0.1) is 0 Å². The monoisotopic (exact) mass is 494 g/mol. The standard InChI is InChI=1S/C31H30N2O4/c1-21-15-17-24(18-16-21)33(30(36)23-13-9-6-10-14-23)28(29(35)32-31(2,3)4)27-20-25(34)19-26(37-27)22-11-7-5-8-12-22/h5-20,28H,1-4H3,(H,32,35). The minimum Gasteiger partial charge on any atom is -0.458 e. The summed E-state index contributed by atoms with van der Waals surface area (Å²) in [4.78, 5) is 42.1. The largest absolute Gasteiger partial charge is 0.458 e. The Morgan fingerprint density at radius 1 is 0.838 bits per heavy atom. The fourth-order valence-corrected chi connectivity index (χ4v) is 4.00. The maximum Gasteiger partial charge on any atom is 0.259 e. The normalized spacial score (nSPS) is 12.0. The van der Waals surface area contributed by atoms with Gasteiger partial charge in [0.25, 0.3) is 11.8 Å². The van der Waals surface area contributed by atoms with Crippen LogP contribution in [0.2, 0.25) is 0 Å². The predicted molar refractivity (Wildman–Crippen MR) is 145 cm³/mol. The zero-order chi connectivity index (χ0) is 26.6. The number of nitrogens with one attached hydrogen (secondary N) is 1. The van der Waals surface area contributed by atoms with Gasteiger partial charge in [-0.25, -0.2) is 0 Å². The van der Waals surface area contributed by atoms with Crippen LogP contribution in [0, 0.1) is 6.92 Å². The van der Waals surface area contributed by atoms with Crippen molar-refractivity contribution in [3.63, 3.8) is 0 Å². The summed E-state index contributed by atoms with van der Waals surface area (Å²) in [6.07, 6.45) is 0. The summed E-state index contributed by atoms with van der Waals surface area (Å²) in [5.74, 6) is -0.484. The van der Waals surface area contributed by atoms with E-state index in [1.807, 2.05) is 76.2 Å². The van der Waals surface area contributed by atoms with E-state index in [9.17, 15) is 14.4 Å². The van der Waals surface area contributed by atoms with Crippen molar-refractivity contribution >= 4 is 17.5 Å². The molecule has 0 saturated carbocycles. The molecule has 0 radical (unpaired) electrons. The van der Waals surface area contributed by atoms with E-state index in [4.69, 9.17) is 4.42 Å². The van der Waals surface area contributed by atoms with E-state index in [-0.39, 0.29) is 11.2 Å². The number of hydrogen-bond donors (Lipinski definition) is 1. The number of benzene rings is 3. The summed E-state index contributed by atoms with van der Waals surface area (Å²) >= 11 is 0. The Morgan fingerprint density at radius 3 is 2.03 bits per heavy atom. The number of nitrogens with zero attached hydrogens (tertiary/aromatic N) is 1. The summed E-state index contributed by atoms with van der Waals surface area (Å²) in [5, 5.41) is 2.97. The summed E-state index contributed by atoms with van der Waals surface area (Å²) in [6, 6.07) is 26.6. The van der Waals surface area contributed by atoms with Gasteiger partial charge in [-0.1, -0.05) is 66.2 Å². The highest BCUT2D eigenvalue weighted by Crippen LogP contribution is 2.32. The molecule has 1 unspecified atom stereocenters. The van der Waals surface area contributed by atoms with Gasteiger partial charge in [-0.2, -0.15) is 0 Å².